The zero-order valence-electron chi connectivity index (χ0n) is 17.6. The van der Waals surface area contributed by atoms with E-state index in [2.05, 4.69) is 4.99 Å². The van der Waals surface area contributed by atoms with Crippen LogP contribution in [-0.2, 0) is 16.0 Å². The third-order valence-electron chi connectivity index (χ3n) is 4.78. The molecular weight excluding hydrogens is 468 g/mol. The van der Waals surface area contributed by atoms with Gasteiger partial charge in [-0.05, 0) is 38.1 Å². The summed E-state index contributed by atoms with van der Waals surface area (Å²) in [6.45, 7) is 5.61. The molecule has 0 bridgehead atoms. The van der Waals surface area contributed by atoms with E-state index < -0.39 is 5.91 Å². The second-order valence-electron chi connectivity index (χ2n) is 6.79. The summed E-state index contributed by atoms with van der Waals surface area (Å²) in [6.07, 6.45) is 0. The summed E-state index contributed by atoms with van der Waals surface area (Å²) < 4.78 is 14.3. The molecule has 0 radical (unpaired) electrons. The van der Waals surface area contributed by atoms with Gasteiger partial charge in [-0.2, -0.15) is 4.99 Å². The molecule has 0 saturated carbocycles. The summed E-state index contributed by atoms with van der Waals surface area (Å²) in [6, 6.07) is 13.0. The lowest BCUT2D eigenvalue weighted by Gasteiger charge is -2.06. The molecule has 2 aromatic heterocycles. The van der Waals surface area contributed by atoms with Crippen LogP contribution in [-0.4, -0.2) is 36.3 Å². The number of rotatable bonds is 7. The molecular formula is C23H21ClN2O4S2. The van der Waals surface area contributed by atoms with Crippen molar-refractivity contribution in [2.45, 2.75) is 20.4 Å². The standard InChI is InChI=1S/C23H21ClN2O4S2/c1-3-29-12-11-26-16-10-9-14(22(28)30-4-2)13-18(16)32-23(26)25-21(27)20-19(24)15-7-5-6-8-17(15)31-20/h5-10,13H,3-4,11-12H2,1-2H3. The topological polar surface area (TPSA) is 69.9 Å². The highest BCUT2D eigenvalue weighted by atomic mass is 35.5. The number of hydrogen-bond acceptors (Lipinski definition) is 6. The average molecular weight is 489 g/mol. The molecule has 1 amide bonds. The van der Waals surface area contributed by atoms with Crippen molar-refractivity contribution < 1.29 is 19.1 Å². The van der Waals surface area contributed by atoms with Gasteiger partial charge < -0.3 is 14.0 Å². The molecule has 2 aromatic carbocycles. The first-order valence-corrected chi connectivity index (χ1v) is 12.2. The minimum Gasteiger partial charge on any atom is -0.462 e. The third-order valence-corrected chi connectivity index (χ3v) is 7.49. The quantitative estimate of drug-likeness (QED) is 0.253. The fraction of sp³-hybridized carbons (Fsp3) is 0.261. The zero-order valence-corrected chi connectivity index (χ0v) is 20.0. The number of carbonyl (C=O) groups is 2. The molecule has 4 rings (SSSR count). The van der Waals surface area contributed by atoms with Gasteiger partial charge in [0, 0.05) is 23.2 Å². The van der Waals surface area contributed by atoms with Gasteiger partial charge in [0.05, 0.1) is 34.0 Å². The first-order valence-electron chi connectivity index (χ1n) is 10.2. The fourth-order valence-corrected chi connectivity index (χ4v) is 5.80. The SMILES string of the molecule is CCOCCn1c(=NC(=O)c2sc3ccccc3c2Cl)sc2cc(C(=O)OCC)ccc21. The van der Waals surface area contributed by atoms with Crippen molar-refractivity contribution in [3.63, 3.8) is 0 Å². The fourth-order valence-electron chi connectivity index (χ4n) is 3.31. The summed E-state index contributed by atoms with van der Waals surface area (Å²) in [7, 11) is 0. The second kappa shape index (κ2) is 9.95. The largest absolute Gasteiger partial charge is 0.462 e. The van der Waals surface area contributed by atoms with E-state index in [1.807, 2.05) is 41.8 Å². The molecule has 0 atom stereocenters. The molecule has 166 valence electrons. The van der Waals surface area contributed by atoms with E-state index in [-0.39, 0.29) is 5.97 Å². The first-order chi connectivity index (χ1) is 15.5. The van der Waals surface area contributed by atoms with Gasteiger partial charge in [0.2, 0.25) is 0 Å². The molecule has 0 unspecified atom stereocenters. The van der Waals surface area contributed by atoms with E-state index in [9.17, 15) is 9.59 Å². The van der Waals surface area contributed by atoms with Gasteiger partial charge in [-0.3, -0.25) is 4.79 Å². The highest BCUT2D eigenvalue weighted by Crippen LogP contribution is 2.35. The minimum absolute atomic E-state index is 0.306. The third kappa shape index (κ3) is 4.49. The Morgan fingerprint density at radius 3 is 2.62 bits per heavy atom. The maximum atomic E-state index is 13.1. The predicted octanol–water partition coefficient (Wildman–Crippen LogP) is 5.53. The molecule has 0 aliphatic heterocycles. The van der Waals surface area contributed by atoms with Gasteiger partial charge in [0.25, 0.3) is 5.91 Å². The van der Waals surface area contributed by atoms with Crippen LogP contribution in [0.5, 0.6) is 0 Å². The van der Waals surface area contributed by atoms with Gasteiger partial charge in [0.1, 0.15) is 4.88 Å². The molecule has 0 fully saturated rings. The number of ether oxygens (including phenoxy) is 2. The number of halogens is 1. The second-order valence-corrected chi connectivity index (χ2v) is 9.23. The average Bonchev–Trinajstić information content (AvgIpc) is 3.31. The number of hydrogen-bond donors (Lipinski definition) is 0. The van der Waals surface area contributed by atoms with E-state index in [1.54, 1.807) is 19.1 Å². The maximum Gasteiger partial charge on any atom is 0.338 e. The normalized spacial score (nSPS) is 12.0. The molecule has 0 spiro atoms. The van der Waals surface area contributed by atoms with Crippen LogP contribution in [0.15, 0.2) is 47.5 Å². The number of thiazole rings is 1. The number of fused-ring (bicyclic) bond motifs is 2. The predicted molar refractivity (Wildman–Crippen MR) is 129 cm³/mol. The van der Waals surface area contributed by atoms with Crippen LogP contribution in [0.2, 0.25) is 5.02 Å². The summed E-state index contributed by atoms with van der Waals surface area (Å²) in [5.41, 5.74) is 1.33. The van der Waals surface area contributed by atoms with Crippen molar-refractivity contribution in [1.29, 1.82) is 0 Å². The molecule has 2 heterocycles. The Balaban J connectivity index is 1.80. The number of esters is 1. The van der Waals surface area contributed by atoms with Crippen LogP contribution in [0.3, 0.4) is 0 Å². The Hall–Kier alpha value is -2.52. The van der Waals surface area contributed by atoms with Crippen molar-refractivity contribution in [3.05, 3.63) is 62.7 Å². The summed E-state index contributed by atoms with van der Waals surface area (Å²) in [5, 5.41) is 1.27. The van der Waals surface area contributed by atoms with Crippen molar-refractivity contribution in [1.82, 2.24) is 4.57 Å². The molecule has 0 aliphatic carbocycles. The van der Waals surface area contributed by atoms with Crippen LogP contribution < -0.4 is 4.80 Å². The lowest BCUT2D eigenvalue weighted by atomic mass is 10.2. The van der Waals surface area contributed by atoms with E-state index in [0.717, 1.165) is 20.3 Å². The van der Waals surface area contributed by atoms with Gasteiger partial charge in [-0.1, -0.05) is 41.1 Å². The molecule has 6 nitrogen and oxygen atoms in total. The van der Waals surface area contributed by atoms with Crippen LogP contribution >= 0.6 is 34.3 Å². The number of amides is 1. The smallest absolute Gasteiger partial charge is 0.338 e. The summed E-state index contributed by atoms with van der Waals surface area (Å²) in [5.74, 6) is -0.770. The number of aromatic nitrogens is 1. The number of thiophene rings is 1. The Labute approximate surface area is 197 Å². The molecule has 32 heavy (non-hydrogen) atoms. The minimum atomic E-state index is -0.390. The van der Waals surface area contributed by atoms with Crippen LogP contribution in [0, 0.1) is 0 Å². The van der Waals surface area contributed by atoms with Gasteiger partial charge >= 0.3 is 5.97 Å². The van der Waals surface area contributed by atoms with Crippen LogP contribution in [0.4, 0.5) is 0 Å². The zero-order chi connectivity index (χ0) is 22.7. The number of carbonyl (C=O) groups excluding carboxylic acids is 2. The number of nitrogens with zero attached hydrogens (tertiary/aromatic N) is 2. The van der Waals surface area contributed by atoms with Crippen LogP contribution in [0.25, 0.3) is 20.3 Å². The van der Waals surface area contributed by atoms with Crippen LogP contribution in [0.1, 0.15) is 33.9 Å². The molecule has 0 saturated heterocycles. The van der Waals surface area contributed by atoms with E-state index in [1.165, 1.54) is 22.7 Å². The van der Waals surface area contributed by atoms with Crippen molar-refractivity contribution >= 4 is 66.5 Å². The Bertz CT molecular complexity index is 1370. The van der Waals surface area contributed by atoms with Gasteiger partial charge in [-0.15, -0.1) is 11.3 Å². The highest BCUT2D eigenvalue weighted by Gasteiger charge is 2.18. The lowest BCUT2D eigenvalue weighted by Crippen LogP contribution is -2.19. The van der Waals surface area contributed by atoms with Crippen molar-refractivity contribution in [3.8, 4) is 0 Å². The monoisotopic (exact) mass is 488 g/mol. The summed E-state index contributed by atoms with van der Waals surface area (Å²) >= 11 is 9.15. The van der Waals surface area contributed by atoms with E-state index in [4.69, 9.17) is 21.1 Å². The first kappa shape index (κ1) is 22.7. The van der Waals surface area contributed by atoms with E-state index in [0.29, 0.717) is 46.6 Å². The highest BCUT2D eigenvalue weighted by molar-refractivity contribution is 7.21. The van der Waals surface area contributed by atoms with Crippen molar-refractivity contribution in [2.24, 2.45) is 4.99 Å². The Morgan fingerprint density at radius 2 is 1.88 bits per heavy atom. The molecule has 9 heteroatoms. The Kier molecular flexibility index (Phi) is 7.05. The van der Waals surface area contributed by atoms with Gasteiger partial charge in [0.15, 0.2) is 4.80 Å². The van der Waals surface area contributed by atoms with E-state index >= 15 is 0 Å². The molecule has 0 aliphatic rings. The lowest BCUT2D eigenvalue weighted by molar-refractivity contribution is 0.0526. The number of benzene rings is 2. The van der Waals surface area contributed by atoms with Gasteiger partial charge in [-0.25, -0.2) is 4.79 Å². The van der Waals surface area contributed by atoms with Crippen molar-refractivity contribution in [2.75, 3.05) is 19.8 Å². The Morgan fingerprint density at radius 1 is 1.06 bits per heavy atom. The summed E-state index contributed by atoms with van der Waals surface area (Å²) in [4.78, 5) is 30.6. The molecule has 0 N–H and O–H groups in total. The molecule has 4 aromatic rings. The maximum absolute atomic E-state index is 13.1.